The van der Waals surface area contributed by atoms with Crippen LogP contribution < -0.4 is 11.5 Å². The first-order chi connectivity index (χ1) is 5.65. The standard InChI is InChI=1S/C7H8BrN3O/c8-4-1-5(6(12)2-9)7(10)11-3-4/h1,3H,2,9H2,(H2,10,11). The van der Waals surface area contributed by atoms with Gasteiger partial charge in [0.1, 0.15) is 5.82 Å². The Kier molecular flexibility index (Phi) is 2.78. The van der Waals surface area contributed by atoms with Crippen LogP contribution in [0.3, 0.4) is 0 Å². The molecule has 1 aromatic heterocycles. The van der Waals surface area contributed by atoms with Crippen LogP contribution in [0.2, 0.25) is 0 Å². The van der Waals surface area contributed by atoms with Gasteiger partial charge in [0.05, 0.1) is 12.1 Å². The number of hydrogen-bond donors (Lipinski definition) is 2. The van der Waals surface area contributed by atoms with E-state index in [2.05, 4.69) is 20.9 Å². The van der Waals surface area contributed by atoms with Gasteiger partial charge >= 0.3 is 0 Å². The Morgan fingerprint density at radius 2 is 2.33 bits per heavy atom. The van der Waals surface area contributed by atoms with Crippen molar-refractivity contribution in [2.45, 2.75) is 0 Å². The lowest BCUT2D eigenvalue weighted by molar-refractivity contribution is 0.100. The minimum Gasteiger partial charge on any atom is -0.383 e. The molecular formula is C7H8BrN3O. The first-order valence-electron chi connectivity index (χ1n) is 3.29. The van der Waals surface area contributed by atoms with Crippen molar-refractivity contribution in [2.75, 3.05) is 12.3 Å². The van der Waals surface area contributed by atoms with Crippen molar-refractivity contribution in [3.63, 3.8) is 0 Å². The number of rotatable bonds is 2. The van der Waals surface area contributed by atoms with E-state index in [4.69, 9.17) is 11.5 Å². The van der Waals surface area contributed by atoms with Gasteiger partial charge in [0.2, 0.25) is 0 Å². The normalized spacial score (nSPS) is 9.83. The van der Waals surface area contributed by atoms with Gasteiger partial charge in [-0.05, 0) is 22.0 Å². The predicted octanol–water partition coefficient (Wildman–Crippen LogP) is 0.568. The second-order valence-corrected chi connectivity index (χ2v) is 3.13. The fraction of sp³-hybridized carbons (Fsp3) is 0.143. The lowest BCUT2D eigenvalue weighted by atomic mass is 10.2. The molecule has 64 valence electrons. The van der Waals surface area contributed by atoms with Crippen LogP contribution in [0, 0.1) is 0 Å². The molecule has 1 aromatic rings. The van der Waals surface area contributed by atoms with Crippen molar-refractivity contribution < 1.29 is 4.79 Å². The van der Waals surface area contributed by atoms with E-state index in [1.54, 1.807) is 6.07 Å². The second-order valence-electron chi connectivity index (χ2n) is 2.21. The van der Waals surface area contributed by atoms with Crippen LogP contribution in [-0.2, 0) is 0 Å². The summed E-state index contributed by atoms with van der Waals surface area (Å²) in [7, 11) is 0. The molecule has 0 aliphatic carbocycles. The molecular weight excluding hydrogens is 222 g/mol. The van der Waals surface area contributed by atoms with Crippen molar-refractivity contribution in [3.8, 4) is 0 Å². The Balaban J connectivity index is 3.13. The zero-order valence-corrected chi connectivity index (χ0v) is 7.84. The molecule has 12 heavy (non-hydrogen) atoms. The summed E-state index contributed by atoms with van der Waals surface area (Å²) >= 11 is 3.18. The Morgan fingerprint density at radius 3 is 2.92 bits per heavy atom. The molecule has 5 heteroatoms. The molecule has 0 radical (unpaired) electrons. The molecule has 4 N–H and O–H groups in total. The summed E-state index contributed by atoms with van der Waals surface area (Å²) < 4.78 is 0.716. The number of nitrogen functional groups attached to an aromatic ring is 1. The van der Waals surface area contributed by atoms with E-state index >= 15 is 0 Å². The molecule has 0 aliphatic rings. The van der Waals surface area contributed by atoms with Crippen LogP contribution in [0.25, 0.3) is 0 Å². The van der Waals surface area contributed by atoms with E-state index in [0.29, 0.717) is 10.0 Å². The predicted molar refractivity (Wildman–Crippen MR) is 49.7 cm³/mol. The topological polar surface area (TPSA) is 82.0 Å². The average molecular weight is 230 g/mol. The SMILES string of the molecule is NCC(=O)c1cc(Br)cnc1N. The summed E-state index contributed by atoms with van der Waals surface area (Å²) in [6.45, 7) is -0.0532. The fourth-order valence-electron chi connectivity index (χ4n) is 0.783. The maximum Gasteiger partial charge on any atom is 0.180 e. The van der Waals surface area contributed by atoms with Gasteiger partial charge in [-0.15, -0.1) is 0 Å². The Morgan fingerprint density at radius 1 is 1.67 bits per heavy atom. The quantitative estimate of drug-likeness (QED) is 0.727. The number of ketones is 1. The summed E-state index contributed by atoms with van der Waals surface area (Å²) in [5.41, 5.74) is 11.0. The molecule has 0 fully saturated rings. The van der Waals surface area contributed by atoms with Crippen LogP contribution in [-0.4, -0.2) is 17.3 Å². The van der Waals surface area contributed by atoms with Gasteiger partial charge in [-0.3, -0.25) is 4.79 Å². The van der Waals surface area contributed by atoms with Crippen LogP contribution in [0.5, 0.6) is 0 Å². The maximum atomic E-state index is 11.1. The highest BCUT2D eigenvalue weighted by molar-refractivity contribution is 9.10. The van der Waals surface area contributed by atoms with E-state index in [1.165, 1.54) is 6.20 Å². The third-order valence-electron chi connectivity index (χ3n) is 1.37. The zero-order chi connectivity index (χ0) is 9.14. The number of halogens is 1. The summed E-state index contributed by atoms with van der Waals surface area (Å²) in [5.74, 6) is 0.00921. The molecule has 4 nitrogen and oxygen atoms in total. The van der Waals surface area contributed by atoms with Crippen LogP contribution in [0.15, 0.2) is 16.7 Å². The minimum atomic E-state index is -0.207. The van der Waals surface area contributed by atoms with Gasteiger partial charge in [0.25, 0.3) is 0 Å². The average Bonchev–Trinajstić information content (AvgIpc) is 2.08. The molecule has 0 spiro atoms. The van der Waals surface area contributed by atoms with E-state index in [1.807, 2.05) is 0 Å². The van der Waals surface area contributed by atoms with Gasteiger partial charge < -0.3 is 11.5 Å². The number of hydrogen-bond acceptors (Lipinski definition) is 4. The van der Waals surface area contributed by atoms with Crippen molar-refractivity contribution in [1.82, 2.24) is 4.98 Å². The maximum absolute atomic E-state index is 11.1. The van der Waals surface area contributed by atoms with Crippen LogP contribution >= 0.6 is 15.9 Å². The van der Waals surface area contributed by atoms with Gasteiger partial charge in [-0.25, -0.2) is 4.98 Å². The van der Waals surface area contributed by atoms with Gasteiger partial charge in [0, 0.05) is 10.7 Å². The molecule has 0 bridgehead atoms. The number of pyridine rings is 1. The molecule has 0 aromatic carbocycles. The minimum absolute atomic E-state index is 0.0532. The molecule has 1 heterocycles. The summed E-state index contributed by atoms with van der Waals surface area (Å²) in [5, 5.41) is 0. The van der Waals surface area contributed by atoms with Gasteiger partial charge in [0.15, 0.2) is 5.78 Å². The summed E-state index contributed by atoms with van der Waals surface area (Å²) in [4.78, 5) is 14.9. The molecule has 0 atom stereocenters. The molecule has 0 aliphatic heterocycles. The van der Waals surface area contributed by atoms with Crippen LogP contribution in [0.4, 0.5) is 5.82 Å². The zero-order valence-electron chi connectivity index (χ0n) is 6.25. The van der Waals surface area contributed by atoms with Crippen molar-refractivity contribution in [2.24, 2.45) is 5.73 Å². The number of carbonyl (C=O) groups is 1. The molecule has 0 saturated carbocycles. The number of Topliss-reactive ketones (excluding diaryl/α,β-unsaturated/α-hetero) is 1. The highest BCUT2D eigenvalue weighted by atomic mass is 79.9. The third-order valence-corrected chi connectivity index (χ3v) is 1.80. The Bertz CT molecular complexity index is 314. The van der Waals surface area contributed by atoms with Crippen molar-refractivity contribution >= 4 is 27.5 Å². The number of carbonyl (C=O) groups excluding carboxylic acids is 1. The van der Waals surface area contributed by atoms with E-state index < -0.39 is 0 Å². The van der Waals surface area contributed by atoms with Crippen LogP contribution in [0.1, 0.15) is 10.4 Å². The molecule has 0 unspecified atom stereocenters. The second kappa shape index (κ2) is 3.64. The number of nitrogens with zero attached hydrogens (tertiary/aromatic N) is 1. The highest BCUT2D eigenvalue weighted by Gasteiger charge is 2.08. The third kappa shape index (κ3) is 1.80. The first-order valence-corrected chi connectivity index (χ1v) is 4.08. The molecule has 0 amide bonds. The summed E-state index contributed by atoms with van der Waals surface area (Å²) in [6, 6.07) is 1.61. The lowest BCUT2D eigenvalue weighted by Crippen LogP contribution is -2.15. The van der Waals surface area contributed by atoms with Gasteiger partial charge in [-0.1, -0.05) is 0 Å². The largest absolute Gasteiger partial charge is 0.383 e. The lowest BCUT2D eigenvalue weighted by Gasteiger charge is -2.01. The smallest absolute Gasteiger partial charge is 0.180 e. The number of anilines is 1. The fourth-order valence-corrected chi connectivity index (χ4v) is 1.11. The summed E-state index contributed by atoms with van der Waals surface area (Å²) in [6.07, 6.45) is 1.53. The number of nitrogens with two attached hydrogens (primary N) is 2. The Hall–Kier alpha value is -0.940. The number of aromatic nitrogens is 1. The monoisotopic (exact) mass is 229 g/mol. The van der Waals surface area contributed by atoms with Gasteiger partial charge in [-0.2, -0.15) is 0 Å². The highest BCUT2D eigenvalue weighted by Crippen LogP contribution is 2.15. The van der Waals surface area contributed by atoms with Crippen molar-refractivity contribution in [1.29, 1.82) is 0 Å². The Labute approximate surface area is 78.1 Å². The first kappa shape index (κ1) is 9.15. The van der Waals surface area contributed by atoms with Crippen molar-refractivity contribution in [3.05, 3.63) is 22.3 Å². The molecule has 1 rings (SSSR count). The molecule has 0 saturated heterocycles. The van der Waals surface area contributed by atoms with E-state index in [0.717, 1.165) is 0 Å². The van der Waals surface area contributed by atoms with E-state index in [-0.39, 0.29) is 18.1 Å². The van der Waals surface area contributed by atoms with E-state index in [9.17, 15) is 4.79 Å².